The fourth-order valence-electron chi connectivity index (χ4n) is 8.04. The van der Waals surface area contributed by atoms with Crippen LogP contribution in [-0.2, 0) is 0 Å². The second kappa shape index (κ2) is 5.50. The van der Waals surface area contributed by atoms with Gasteiger partial charge in [-0.05, 0) is 72.3 Å². The van der Waals surface area contributed by atoms with Crippen LogP contribution in [0.2, 0.25) is 0 Å². The standard InChI is InChI=1S/C20H25N3O2.HI/c1-25-10-4-2-3-9(5-10)23-19(21)22-8-20(24)17-12-7-13-15-11(12)6-14(17)16(15)18(13)20;/h2-5,11-18,24H,6-8H2,1H3,(H3,21,22,23);1H. The Bertz CT molecular complexity index is 780. The van der Waals surface area contributed by atoms with Gasteiger partial charge in [-0.2, -0.15) is 0 Å². The Morgan fingerprint density at radius 3 is 2.81 bits per heavy atom. The Kier molecular flexibility index (Phi) is 3.62. The summed E-state index contributed by atoms with van der Waals surface area (Å²) in [6, 6.07) is 7.63. The molecule has 5 aliphatic rings. The van der Waals surface area contributed by atoms with Crippen LogP contribution in [0.4, 0.5) is 5.69 Å². The van der Waals surface area contributed by atoms with E-state index in [9.17, 15) is 5.11 Å². The first-order valence-electron chi connectivity index (χ1n) is 9.55. The van der Waals surface area contributed by atoms with Crippen LogP contribution in [-0.4, -0.2) is 30.3 Å². The van der Waals surface area contributed by atoms with Gasteiger partial charge in [0.25, 0.3) is 0 Å². The zero-order valence-electron chi connectivity index (χ0n) is 14.8. The summed E-state index contributed by atoms with van der Waals surface area (Å²) in [5.41, 5.74) is 6.36. The van der Waals surface area contributed by atoms with Crippen LogP contribution < -0.4 is 15.8 Å². The van der Waals surface area contributed by atoms with E-state index in [0.29, 0.717) is 24.3 Å². The molecule has 4 N–H and O–H groups in total. The SMILES string of the molecule is COc1cccc(NC(N)=NCC2(O)C3C4CC5C6C4CC3C6C52)c1.I. The van der Waals surface area contributed by atoms with Crippen molar-refractivity contribution in [1.82, 2.24) is 0 Å². The van der Waals surface area contributed by atoms with E-state index in [1.807, 2.05) is 24.3 Å². The third-order valence-corrected chi connectivity index (χ3v) is 8.36. The summed E-state index contributed by atoms with van der Waals surface area (Å²) in [7, 11) is 1.65. The van der Waals surface area contributed by atoms with Gasteiger partial charge in [-0.25, -0.2) is 0 Å². The van der Waals surface area contributed by atoms with Crippen LogP contribution in [0.1, 0.15) is 12.8 Å². The molecule has 6 rings (SSSR count). The predicted molar refractivity (Wildman–Crippen MR) is 111 cm³/mol. The molecule has 0 saturated heterocycles. The van der Waals surface area contributed by atoms with E-state index in [0.717, 1.165) is 46.9 Å². The third-order valence-electron chi connectivity index (χ3n) is 8.36. The number of fused-ring (bicyclic) bond motifs is 2. The maximum atomic E-state index is 11.6. The highest BCUT2D eigenvalue weighted by Crippen LogP contribution is 2.85. The minimum absolute atomic E-state index is 0. The van der Waals surface area contributed by atoms with Crippen LogP contribution in [0.5, 0.6) is 5.75 Å². The number of aliphatic hydroxyl groups is 1. The molecule has 140 valence electrons. The fourth-order valence-corrected chi connectivity index (χ4v) is 8.04. The predicted octanol–water partition coefficient (Wildman–Crippen LogP) is 2.55. The lowest BCUT2D eigenvalue weighted by atomic mass is 9.56. The maximum absolute atomic E-state index is 11.6. The van der Waals surface area contributed by atoms with E-state index in [1.165, 1.54) is 12.8 Å². The molecule has 5 fully saturated rings. The zero-order valence-corrected chi connectivity index (χ0v) is 17.2. The number of methoxy groups -OCH3 is 1. The molecule has 2 bridgehead atoms. The molecule has 0 heterocycles. The summed E-state index contributed by atoms with van der Waals surface area (Å²) >= 11 is 0. The molecule has 5 aliphatic carbocycles. The average Bonchev–Trinajstić information content (AvgIpc) is 3.12. The number of halogens is 1. The van der Waals surface area contributed by atoms with Crippen molar-refractivity contribution in [1.29, 1.82) is 0 Å². The van der Waals surface area contributed by atoms with Gasteiger partial charge in [-0.3, -0.25) is 4.99 Å². The van der Waals surface area contributed by atoms with E-state index < -0.39 is 5.60 Å². The molecule has 5 saturated carbocycles. The number of nitrogens with zero attached hydrogens (tertiary/aromatic N) is 1. The Morgan fingerprint density at radius 1 is 1.23 bits per heavy atom. The molecule has 9 unspecified atom stereocenters. The molecular weight excluding hydrogens is 441 g/mol. The van der Waals surface area contributed by atoms with Crippen molar-refractivity contribution >= 4 is 35.6 Å². The minimum Gasteiger partial charge on any atom is -0.497 e. The molecule has 0 aliphatic heterocycles. The molecule has 9 atom stereocenters. The van der Waals surface area contributed by atoms with Gasteiger partial charge >= 0.3 is 0 Å². The van der Waals surface area contributed by atoms with Crippen molar-refractivity contribution in [3.8, 4) is 5.75 Å². The first kappa shape index (κ1) is 17.1. The van der Waals surface area contributed by atoms with E-state index in [-0.39, 0.29) is 24.0 Å². The molecule has 0 aromatic heterocycles. The summed E-state index contributed by atoms with van der Waals surface area (Å²) in [4.78, 5) is 4.56. The first-order chi connectivity index (χ1) is 12.1. The van der Waals surface area contributed by atoms with Crippen LogP contribution in [0.25, 0.3) is 0 Å². The van der Waals surface area contributed by atoms with Crippen LogP contribution >= 0.6 is 24.0 Å². The highest BCUT2D eigenvalue weighted by Gasteiger charge is 2.84. The lowest BCUT2D eigenvalue weighted by Gasteiger charge is -2.51. The van der Waals surface area contributed by atoms with Crippen molar-refractivity contribution in [3.63, 3.8) is 0 Å². The molecule has 0 spiro atoms. The summed E-state index contributed by atoms with van der Waals surface area (Å²) in [5.74, 6) is 7.11. The summed E-state index contributed by atoms with van der Waals surface area (Å²) < 4.78 is 5.23. The lowest BCUT2D eigenvalue weighted by Crippen LogP contribution is -2.56. The number of ether oxygens (including phenoxy) is 1. The largest absolute Gasteiger partial charge is 0.497 e. The Balaban J connectivity index is 0.00000150. The number of nitrogens with two attached hydrogens (primary N) is 1. The van der Waals surface area contributed by atoms with Gasteiger partial charge in [0.15, 0.2) is 5.96 Å². The lowest BCUT2D eigenvalue weighted by molar-refractivity contribution is -0.123. The Labute approximate surface area is 170 Å². The minimum atomic E-state index is -0.606. The Morgan fingerprint density at radius 2 is 2.00 bits per heavy atom. The normalized spacial score (nSPS) is 48.5. The second-order valence-electron chi connectivity index (χ2n) is 8.88. The zero-order chi connectivity index (χ0) is 16.9. The third kappa shape index (κ3) is 1.87. The van der Waals surface area contributed by atoms with E-state index in [1.54, 1.807) is 7.11 Å². The summed E-state index contributed by atoms with van der Waals surface area (Å²) in [6.45, 7) is 0.449. The van der Waals surface area contributed by atoms with Gasteiger partial charge in [0, 0.05) is 11.8 Å². The second-order valence-corrected chi connectivity index (χ2v) is 8.88. The first-order valence-corrected chi connectivity index (χ1v) is 9.55. The molecular formula is C20H26IN3O2. The highest BCUT2D eigenvalue weighted by atomic mass is 127. The Hall–Kier alpha value is -1.02. The van der Waals surface area contributed by atoms with Crippen LogP contribution in [0.15, 0.2) is 29.3 Å². The van der Waals surface area contributed by atoms with Gasteiger partial charge in [-0.1, -0.05) is 6.07 Å². The molecule has 0 radical (unpaired) electrons. The van der Waals surface area contributed by atoms with Crippen molar-refractivity contribution in [2.45, 2.75) is 18.4 Å². The smallest absolute Gasteiger partial charge is 0.193 e. The molecule has 26 heavy (non-hydrogen) atoms. The monoisotopic (exact) mass is 467 g/mol. The molecule has 1 aromatic carbocycles. The van der Waals surface area contributed by atoms with Gasteiger partial charge in [-0.15, -0.1) is 24.0 Å². The molecule has 1 aromatic rings. The number of benzene rings is 1. The van der Waals surface area contributed by atoms with Crippen molar-refractivity contribution in [2.24, 2.45) is 58.1 Å². The topological polar surface area (TPSA) is 79.9 Å². The number of hydrogen-bond donors (Lipinski definition) is 3. The van der Waals surface area contributed by atoms with Crippen molar-refractivity contribution in [3.05, 3.63) is 24.3 Å². The van der Waals surface area contributed by atoms with E-state index in [2.05, 4.69) is 10.3 Å². The molecule has 6 heteroatoms. The van der Waals surface area contributed by atoms with E-state index in [4.69, 9.17) is 10.5 Å². The van der Waals surface area contributed by atoms with Crippen molar-refractivity contribution < 1.29 is 9.84 Å². The average molecular weight is 467 g/mol. The summed E-state index contributed by atoms with van der Waals surface area (Å²) in [6.07, 6.45) is 2.75. The molecule has 0 amide bonds. The van der Waals surface area contributed by atoms with Gasteiger partial charge in [0.05, 0.1) is 19.3 Å². The quantitative estimate of drug-likeness (QED) is 0.361. The highest BCUT2D eigenvalue weighted by molar-refractivity contribution is 14.0. The summed E-state index contributed by atoms with van der Waals surface area (Å²) in [5, 5.41) is 14.7. The number of hydrogen-bond acceptors (Lipinski definition) is 3. The van der Waals surface area contributed by atoms with Crippen LogP contribution in [0, 0.1) is 47.3 Å². The number of rotatable bonds is 4. The molecule has 5 nitrogen and oxygen atoms in total. The number of nitrogens with one attached hydrogen (secondary N) is 1. The number of anilines is 1. The maximum Gasteiger partial charge on any atom is 0.193 e. The number of aliphatic imine (C=N–C) groups is 1. The number of guanidine groups is 1. The van der Waals surface area contributed by atoms with Crippen LogP contribution in [0.3, 0.4) is 0 Å². The van der Waals surface area contributed by atoms with Crippen molar-refractivity contribution in [2.75, 3.05) is 19.0 Å². The van der Waals surface area contributed by atoms with Gasteiger partial charge in [0.2, 0.25) is 0 Å². The van der Waals surface area contributed by atoms with E-state index >= 15 is 0 Å². The fraction of sp³-hybridized carbons (Fsp3) is 0.650. The van der Waals surface area contributed by atoms with Gasteiger partial charge < -0.3 is 20.9 Å². The van der Waals surface area contributed by atoms with Gasteiger partial charge in [0.1, 0.15) is 5.75 Å².